The van der Waals surface area contributed by atoms with Crippen LogP contribution in [-0.2, 0) is 9.59 Å². The molecule has 0 atom stereocenters. The van der Waals surface area contributed by atoms with E-state index in [1.54, 1.807) is 0 Å². The van der Waals surface area contributed by atoms with E-state index >= 15 is 0 Å². The third-order valence-electron chi connectivity index (χ3n) is 0. The highest BCUT2D eigenvalue weighted by atomic mass is 16.4. The van der Waals surface area contributed by atoms with E-state index in [2.05, 4.69) is 0 Å². The van der Waals surface area contributed by atoms with E-state index in [0.717, 1.165) is 6.92 Å². The fraction of sp³-hybridized carbons (Fsp3) is 0.333. The zero-order chi connectivity index (χ0) is 6.28. The minimum Gasteiger partial charge on any atom is -0.483 e. The molecule has 2 N–H and O–H groups in total. The SMILES string of the molecule is CC(=O)O.O=CO. The van der Waals surface area contributed by atoms with Gasteiger partial charge in [-0.2, -0.15) is 0 Å². The maximum absolute atomic E-state index is 9.00. The first kappa shape index (κ1) is 9.34. The molecule has 0 aromatic carbocycles. The Bertz CT molecular complexity index is 54.0. The van der Waals surface area contributed by atoms with Crippen LogP contribution in [0.2, 0.25) is 0 Å². The molecule has 7 heavy (non-hydrogen) atoms. The molecular weight excluding hydrogens is 100 g/mol. The second-order valence-electron chi connectivity index (χ2n) is 0.624. The number of hydrogen-bond donors (Lipinski definition) is 2. The van der Waals surface area contributed by atoms with Crippen LogP contribution in [-0.4, -0.2) is 22.7 Å². The lowest BCUT2D eigenvalue weighted by Gasteiger charge is -1.59. The molecule has 0 spiro atoms. The molecule has 0 aromatic rings. The zero-order valence-corrected chi connectivity index (χ0v) is 3.79. The number of hydrogen-bond acceptors (Lipinski definition) is 2. The fourth-order valence-corrected chi connectivity index (χ4v) is 0. The second kappa shape index (κ2) is 8.87. The summed E-state index contributed by atoms with van der Waals surface area (Å²) >= 11 is 0. The molecular formula is C3H6O4. The molecule has 0 fully saturated rings. The smallest absolute Gasteiger partial charge is 0.300 e. The van der Waals surface area contributed by atoms with Gasteiger partial charge in [0.05, 0.1) is 0 Å². The van der Waals surface area contributed by atoms with Crippen molar-refractivity contribution in [2.45, 2.75) is 6.92 Å². The van der Waals surface area contributed by atoms with E-state index in [9.17, 15) is 0 Å². The lowest BCUT2D eigenvalue weighted by atomic mass is 10.9. The normalized spacial score (nSPS) is 5.29. The van der Waals surface area contributed by atoms with Gasteiger partial charge in [-0.05, 0) is 0 Å². The van der Waals surface area contributed by atoms with Gasteiger partial charge < -0.3 is 10.2 Å². The Labute approximate surface area is 40.4 Å². The second-order valence-corrected chi connectivity index (χ2v) is 0.624. The summed E-state index contributed by atoms with van der Waals surface area (Å²) in [6.45, 7) is 0.833. The van der Waals surface area contributed by atoms with Gasteiger partial charge in [-0.3, -0.25) is 9.59 Å². The molecule has 0 saturated carbocycles. The van der Waals surface area contributed by atoms with E-state index in [1.807, 2.05) is 0 Å². The van der Waals surface area contributed by atoms with E-state index in [0.29, 0.717) is 0 Å². The van der Waals surface area contributed by atoms with Gasteiger partial charge in [0.1, 0.15) is 0 Å². The van der Waals surface area contributed by atoms with Crippen molar-refractivity contribution in [3.05, 3.63) is 0 Å². The van der Waals surface area contributed by atoms with Crippen LogP contribution in [0.15, 0.2) is 0 Å². The molecule has 42 valence electrons. The van der Waals surface area contributed by atoms with Gasteiger partial charge in [0.15, 0.2) is 0 Å². The first-order chi connectivity index (χ1) is 3.15. The number of rotatable bonds is 0. The molecule has 0 amide bonds. The standard InChI is InChI=1S/C2H4O2.CH2O2/c1-2(3)4;2-1-3/h1H3,(H,3,4);1H,(H,2,3). The summed E-state index contributed by atoms with van der Waals surface area (Å²) in [4.78, 5) is 17.4. The van der Waals surface area contributed by atoms with Crippen LogP contribution in [0, 0.1) is 0 Å². The van der Waals surface area contributed by atoms with Gasteiger partial charge in [-0.1, -0.05) is 0 Å². The maximum Gasteiger partial charge on any atom is 0.300 e. The minimum absolute atomic E-state index is 0.250. The molecule has 0 aromatic heterocycles. The molecule has 0 unspecified atom stereocenters. The van der Waals surface area contributed by atoms with Crippen molar-refractivity contribution >= 4 is 12.4 Å². The predicted octanol–water partition coefficient (Wildman–Crippen LogP) is -0.208. The number of carbonyl (C=O) groups is 2. The topological polar surface area (TPSA) is 74.6 Å². The zero-order valence-electron chi connectivity index (χ0n) is 3.79. The molecule has 4 heteroatoms. The number of carboxylic acid groups (broad SMARTS) is 2. The third kappa shape index (κ3) is 38.0. The summed E-state index contributed by atoms with van der Waals surface area (Å²) in [6, 6.07) is 0. The highest BCUT2D eigenvalue weighted by Gasteiger charge is 1.65. The Morgan fingerprint density at radius 3 is 1.71 bits per heavy atom. The van der Waals surface area contributed by atoms with Crippen LogP contribution in [0.5, 0.6) is 0 Å². The Balaban J connectivity index is 0. The first-order valence-corrected chi connectivity index (χ1v) is 1.42. The quantitative estimate of drug-likeness (QED) is 0.419. The van der Waals surface area contributed by atoms with Gasteiger partial charge in [-0.15, -0.1) is 0 Å². The lowest BCUT2D eigenvalue weighted by molar-refractivity contribution is -0.134. The Morgan fingerprint density at radius 2 is 1.71 bits per heavy atom. The maximum atomic E-state index is 9.00. The fourth-order valence-electron chi connectivity index (χ4n) is 0. The van der Waals surface area contributed by atoms with Gasteiger partial charge in [0.25, 0.3) is 12.4 Å². The summed E-state index contributed by atoms with van der Waals surface area (Å²) in [5.41, 5.74) is 0. The van der Waals surface area contributed by atoms with Crippen LogP contribution in [0.3, 0.4) is 0 Å². The predicted molar refractivity (Wildman–Crippen MR) is 22.0 cm³/mol. The molecule has 0 heterocycles. The molecule has 4 nitrogen and oxygen atoms in total. The average molecular weight is 106 g/mol. The summed E-state index contributed by atoms with van der Waals surface area (Å²) in [5.74, 6) is -0.833. The molecule has 0 bridgehead atoms. The lowest BCUT2D eigenvalue weighted by Crippen LogP contribution is -1.78. The van der Waals surface area contributed by atoms with Crippen LogP contribution < -0.4 is 0 Å². The largest absolute Gasteiger partial charge is 0.483 e. The highest BCUT2D eigenvalue weighted by molar-refractivity contribution is 5.62. The summed E-state index contributed by atoms with van der Waals surface area (Å²) in [5, 5.41) is 14.3. The Hall–Kier alpha value is -1.06. The van der Waals surface area contributed by atoms with Crippen molar-refractivity contribution < 1.29 is 19.8 Å². The van der Waals surface area contributed by atoms with Crippen molar-refractivity contribution in [2.24, 2.45) is 0 Å². The van der Waals surface area contributed by atoms with Crippen molar-refractivity contribution in [3.8, 4) is 0 Å². The molecule has 0 rings (SSSR count). The monoisotopic (exact) mass is 106 g/mol. The molecule has 0 radical (unpaired) electrons. The van der Waals surface area contributed by atoms with Gasteiger partial charge in [0, 0.05) is 6.92 Å². The van der Waals surface area contributed by atoms with Crippen LogP contribution in [0.25, 0.3) is 0 Å². The summed E-state index contributed by atoms with van der Waals surface area (Å²) in [6.07, 6.45) is 0. The Kier molecular flexibility index (Phi) is 11.8. The summed E-state index contributed by atoms with van der Waals surface area (Å²) in [7, 11) is 0. The van der Waals surface area contributed by atoms with Gasteiger partial charge in [-0.25, -0.2) is 0 Å². The average Bonchev–Trinajstić information content (AvgIpc) is 1.33. The highest BCUT2D eigenvalue weighted by Crippen LogP contribution is 1.42. The van der Waals surface area contributed by atoms with E-state index in [4.69, 9.17) is 19.8 Å². The first-order valence-electron chi connectivity index (χ1n) is 1.42. The van der Waals surface area contributed by atoms with Gasteiger partial charge in [0.2, 0.25) is 0 Å². The van der Waals surface area contributed by atoms with Crippen LogP contribution in [0.4, 0.5) is 0 Å². The molecule has 0 saturated heterocycles. The summed E-state index contributed by atoms with van der Waals surface area (Å²) < 4.78 is 0. The van der Waals surface area contributed by atoms with E-state index < -0.39 is 5.97 Å². The molecule has 0 aliphatic heterocycles. The number of carboxylic acids is 1. The van der Waals surface area contributed by atoms with Crippen LogP contribution in [0.1, 0.15) is 6.92 Å². The van der Waals surface area contributed by atoms with Gasteiger partial charge >= 0.3 is 0 Å². The molecule has 0 aliphatic carbocycles. The van der Waals surface area contributed by atoms with Crippen molar-refractivity contribution in [3.63, 3.8) is 0 Å². The molecule has 0 aliphatic rings. The van der Waals surface area contributed by atoms with Crippen molar-refractivity contribution in [2.75, 3.05) is 0 Å². The van der Waals surface area contributed by atoms with E-state index in [-0.39, 0.29) is 6.47 Å². The Morgan fingerprint density at radius 1 is 1.71 bits per heavy atom. The van der Waals surface area contributed by atoms with Crippen molar-refractivity contribution in [1.29, 1.82) is 0 Å². The van der Waals surface area contributed by atoms with Crippen molar-refractivity contribution in [1.82, 2.24) is 0 Å². The minimum atomic E-state index is -0.833. The third-order valence-corrected chi connectivity index (χ3v) is 0. The van der Waals surface area contributed by atoms with E-state index in [1.165, 1.54) is 0 Å². The van der Waals surface area contributed by atoms with Crippen LogP contribution >= 0.6 is 0 Å². The number of aliphatic carboxylic acids is 1.